The first-order chi connectivity index (χ1) is 9.12. The second-order valence-corrected chi connectivity index (χ2v) is 4.54. The van der Waals surface area contributed by atoms with Crippen LogP contribution in [0.1, 0.15) is 16.6 Å². The summed E-state index contributed by atoms with van der Waals surface area (Å²) in [6, 6.07) is 1.65. The van der Waals surface area contributed by atoms with Crippen LogP contribution >= 0.6 is 11.3 Å². The molecule has 0 unspecified atom stereocenters. The molecule has 5 nitrogen and oxygen atoms in total. The van der Waals surface area contributed by atoms with E-state index in [9.17, 15) is 9.59 Å². The molecule has 0 bridgehead atoms. The SMILES string of the molecule is C=CCN(CC(=O)OCC)C(=O)c1cc(OC)cs1. The van der Waals surface area contributed by atoms with Crippen molar-refractivity contribution in [3.63, 3.8) is 0 Å². The van der Waals surface area contributed by atoms with Crippen molar-refractivity contribution in [3.05, 3.63) is 29.0 Å². The number of carbonyl (C=O) groups excluding carboxylic acids is 2. The summed E-state index contributed by atoms with van der Waals surface area (Å²) in [7, 11) is 1.54. The minimum atomic E-state index is -0.429. The average Bonchev–Trinajstić information content (AvgIpc) is 2.86. The standard InChI is InChI=1S/C13H17NO4S/c1-4-6-14(8-12(15)18-5-2)13(16)11-7-10(17-3)9-19-11/h4,7,9H,1,5-6,8H2,2-3H3. The number of nitrogens with zero attached hydrogens (tertiary/aromatic N) is 1. The molecule has 0 aliphatic rings. The van der Waals surface area contributed by atoms with E-state index in [1.54, 1.807) is 24.4 Å². The summed E-state index contributed by atoms with van der Waals surface area (Å²) in [4.78, 5) is 25.6. The lowest BCUT2D eigenvalue weighted by atomic mass is 10.3. The number of amides is 1. The summed E-state index contributed by atoms with van der Waals surface area (Å²) in [5.41, 5.74) is 0. The predicted octanol–water partition coefficient (Wildman–Crippen LogP) is 1.95. The number of rotatable bonds is 7. The van der Waals surface area contributed by atoms with Crippen LogP contribution in [0.5, 0.6) is 5.75 Å². The number of ether oxygens (including phenoxy) is 2. The molecule has 1 rings (SSSR count). The maximum absolute atomic E-state index is 12.2. The molecule has 0 fully saturated rings. The van der Waals surface area contributed by atoms with Gasteiger partial charge in [0.15, 0.2) is 0 Å². The summed E-state index contributed by atoms with van der Waals surface area (Å²) in [6.07, 6.45) is 1.57. The molecule has 0 aliphatic heterocycles. The Kier molecular flexibility index (Phi) is 6.08. The normalized spacial score (nSPS) is 9.79. The third-order valence-electron chi connectivity index (χ3n) is 2.28. The van der Waals surface area contributed by atoms with Crippen molar-refractivity contribution in [1.82, 2.24) is 4.90 Å². The highest BCUT2D eigenvalue weighted by molar-refractivity contribution is 7.12. The van der Waals surface area contributed by atoms with E-state index in [-0.39, 0.29) is 19.0 Å². The number of esters is 1. The maximum atomic E-state index is 12.2. The zero-order chi connectivity index (χ0) is 14.3. The Labute approximate surface area is 116 Å². The summed E-state index contributed by atoms with van der Waals surface area (Å²) in [5, 5.41) is 1.74. The average molecular weight is 283 g/mol. The van der Waals surface area contributed by atoms with Gasteiger partial charge < -0.3 is 14.4 Å². The summed E-state index contributed by atoms with van der Waals surface area (Å²) in [5.74, 6) is -0.0366. The number of hydrogen-bond donors (Lipinski definition) is 0. The van der Waals surface area contributed by atoms with Gasteiger partial charge in [0, 0.05) is 18.0 Å². The minimum absolute atomic E-state index is 0.0844. The lowest BCUT2D eigenvalue weighted by molar-refractivity contribution is -0.143. The topological polar surface area (TPSA) is 55.8 Å². The molecule has 0 radical (unpaired) electrons. The Morgan fingerprint density at radius 3 is 2.79 bits per heavy atom. The van der Waals surface area contributed by atoms with E-state index in [0.717, 1.165) is 0 Å². The third kappa shape index (κ3) is 4.40. The number of hydrogen-bond acceptors (Lipinski definition) is 5. The van der Waals surface area contributed by atoms with Crippen molar-refractivity contribution in [3.8, 4) is 5.75 Å². The second kappa shape index (κ2) is 7.58. The molecule has 6 heteroatoms. The molecule has 0 saturated carbocycles. The first-order valence-electron chi connectivity index (χ1n) is 5.80. The zero-order valence-corrected chi connectivity index (χ0v) is 11.9. The van der Waals surface area contributed by atoms with Crippen LogP contribution in [0.3, 0.4) is 0 Å². The lowest BCUT2D eigenvalue weighted by Crippen LogP contribution is -2.36. The third-order valence-corrected chi connectivity index (χ3v) is 3.18. The van der Waals surface area contributed by atoms with Gasteiger partial charge in [-0.2, -0.15) is 0 Å². The fraction of sp³-hybridized carbons (Fsp3) is 0.385. The van der Waals surface area contributed by atoms with Gasteiger partial charge in [0.2, 0.25) is 0 Å². The van der Waals surface area contributed by atoms with Gasteiger partial charge in [0.05, 0.1) is 18.6 Å². The van der Waals surface area contributed by atoms with Gasteiger partial charge in [-0.3, -0.25) is 9.59 Å². The molecule has 1 aromatic rings. The summed E-state index contributed by atoms with van der Waals surface area (Å²) in [6.45, 7) is 5.81. The Balaban J connectivity index is 2.77. The molecular formula is C13H17NO4S. The van der Waals surface area contributed by atoms with Crippen LogP contribution in [-0.2, 0) is 9.53 Å². The predicted molar refractivity (Wildman–Crippen MR) is 73.6 cm³/mol. The van der Waals surface area contributed by atoms with Crippen molar-refractivity contribution in [2.45, 2.75) is 6.92 Å². The van der Waals surface area contributed by atoms with Gasteiger partial charge in [-0.25, -0.2) is 0 Å². The second-order valence-electron chi connectivity index (χ2n) is 3.63. The van der Waals surface area contributed by atoms with E-state index < -0.39 is 5.97 Å². The fourth-order valence-electron chi connectivity index (χ4n) is 1.43. The van der Waals surface area contributed by atoms with Crippen LogP contribution in [0.25, 0.3) is 0 Å². The maximum Gasteiger partial charge on any atom is 0.325 e. The van der Waals surface area contributed by atoms with Crippen molar-refractivity contribution in [2.24, 2.45) is 0 Å². The Morgan fingerprint density at radius 2 is 2.26 bits per heavy atom. The molecule has 0 spiro atoms. The molecular weight excluding hydrogens is 266 g/mol. The molecule has 0 saturated heterocycles. The summed E-state index contributed by atoms with van der Waals surface area (Å²) < 4.78 is 9.87. The first-order valence-corrected chi connectivity index (χ1v) is 6.68. The van der Waals surface area contributed by atoms with Crippen LogP contribution in [0.4, 0.5) is 0 Å². The lowest BCUT2D eigenvalue weighted by Gasteiger charge is -2.19. The van der Waals surface area contributed by atoms with Crippen LogP contribution in [0, 0.1) is 0 Å². The zero-order valence-electron chi connectivity index (χ0n) is 11.0. The van der Waals surface area contributed by atoms with E-state index in [2.05, 4.69) is 6.58 Å². The highest BCUT2D eigenvalue weighted by Gasteiger charge is 2.20. The van der Waals surface area contributed by atoms with Crippen LogP contribution < -0.4 is 4.74 Å². The largest absolute Gasteiger partial charge is 0.496 e. The van der Waals surface area contributed by atoms with Crippen molar-refractivity contribution < 1.29 is 19.1 Å². The molecule has 104 valence electrons. The van der Waals surface area contributed by atoms with E-state index in [1.807, 2.05) is 0 Å². The molecule has 0 aromatic carbocycles. The molecule has 0 aliphatic carbocycles. The van der Waals surface area contributed by atoms with Crippen LogP contribution in [-0.4, -0.2) is 43.6 Å². The first kappa shape index (κ1) is 15.2. The van der Waals surface area contributed by atoms with E-state index in [1.165, 1.54) is 23.3 Å². The van der Waals surface area contributed by atoms with Crippen molar-refractivity contribution >= 4 is 23.2 Å². The van der Waals surface area contributed by atoms with Gasteiger partial charge in [-0.1, -0.05) is 6.08 Å². The number of methoxy groups -OCH3 is 1. The van der Waals surface area contributed by atoms with Gasteiger partial charge in [0.25, 0.3) is 5.91 Å². The highest BCUT2D eigenvalue weighted by atomic mass is 32.1. The van der Waals surface area contributed by atoms with Gasteiger partial charge in [0.1, 0.15) is 12.3 Å². The number of thiophene rings is 1. The van der Waals surface area contributed by atoms with Crippen molar-refractivity contribution in [2.75, 3.05) is 26.8 Å². The quantitative estimate of drug-likeness (QED) is 0.567. The summed E-state index contributed by atoms with van der Waals surface area (Å²) >= 11 is 1.27. The smallest absolute Gasteiger partial charge is 0.325 e. The molecule has 0 atom stereocenters. The number of carbonyl (C=O) groups is 2. The Hall–Kier alpha value is -1.82. The molecule has 1 heterocycles. The van der Waals surface area contributed by atoms with E-state index >= 15 is 0 Å². The molecule has 1 amide bonds. The minimum Gasteiger partial charge on any atom is -0.496 e. The Bertz CT molecular complexity index is 455. The Morgan fingerprint density at radius 1 is 1.53 bits per heavy atom. The molecule has 19 heavy (non-hydrogen) atoms. The van der Waals surface area contributed by atoms with Gasteiger partial charge >= 0.3 is 5.97 Å². The van der Waals surface area contributed by atoms with Crippen LogP contribution in [0.2, 0.25) is 0 Å². The fourth-order valence-corrected chi connectivity index (χ4v) is 2.25. The van der Waals surface area contributed by atoms with Crippen LogP contribution in [0.15, 0.2) is 24.1 Å². The monoisotopic (exact) mass is 283 g/mol. The van der Waals surface area contributed by atoms with E-state index in [0.29, 0.717) is 17.2 Å². The molecule has 1 aromatic heterocycles. The molecule has 0 N–H and O–H groups in total. The van der Waals surface area contributed by atoms with E-state index in [4.69, 9.17) is 9.47 Å². The highest BCUT2D eigenvalue weighted by Crippen LogP contribution is 2.22. The van der Waals surface area contributed by atoms with Gasteiger partial charge in [-0.05, 0) is 6.92 Å². The van der Waals surface area contributed by atoms with Gasteiger partial charge in [-0.15, -0.1) is 17.9 Å². The van der Waals surface area contributed by atoms with Crippen molar-refractivity contribution in [1.29, 1.82) is 0 Å².